The number of aliphatic hydroxyl groups excluding tert-OH is 1. The van der Waals surface area contributed by atoms with Crippen molar-refractivity contribution in [2.45, 2.75) is 38.8 Å². The quantitative estimate of drug-likeness (QED) is 0.688. The van der Waals surface area contributed by atoms with Crippen LogP contribution < -0.4 is 5.32 Å². The van der Waals surface area contributed by atoms with Crippen molar-refractivity contribution in [3.8, 4) is 0 Å². The molecule has 1 aromatic carbocycles. The van der Waals surface area contributed by atoms with E-state index in [9.17, 15) is 9.90 Å². The second-order valence-electron chi connectivity index (χ2n) is 7.23. The molecule has 0 unspecified atom stereocenters. The van der Waals surface area contributed by atoms with Crippen LogP contribution >= 0.6 is 11.3 Å². The molecular formula is C21H23NO3S. The highest BCUT2D eigenvalue weighted by Gasteiger charge is 2.16. The number of benzene rings is 1. The summed E-state index contributed by atoms with van der Waals surface area (Å²) < 4.78 is 5.24. The molecule has 2 aromatic heterocycles. The predicted octanol–water partition coefficient (Wildman–Crippen LogP) is 4.65. The second kappa shape index (κ2) is 7.48. The Morgan fingerprint density at radius 3 is 2.50 bits per heavy atom. The normalized spacial score (nSPS) is 12.8. The lowest BCUT2D eigenvalue weighted by Crippen LogP contribution is -2.22. The number of amides is 1. The highest BCUT2D eigenvalue weighted by atomic mass is 32.1. The zero-order valence-corrected chi connectivity index (χ0v) is 16.0. The molecule has 2 heterocycles. The predicted molar refractivity (Wildman–Crippen MR) is 103 cm³/mol. The lowest BCUT2D eigenvalue weighted by Gasteiger charge is -2.19. The summed E-state index contributed by atoms with van der Waals surface area (Å²) in [6.07, 6.45) is 0.766. The van der Waals surface area contributed by atoms with Crippen LogP contribution in [0.1, 0.15) is 58.3 Å². The van der Waals surface area contributed by atoms with Crippen molar-refractivity contribution in [2.75, 3.05) is 0 Å². The van der Waals surface area contributed by atoms with Gasteiger partial charge in [0.1, 0.15) is 11.9 Å². The lowest BCUT2D eigenvalue weighted by molar-refractivity contribution is 0.0951. The van der Waals surface area contributed by atoms with E-state index in [1.165, 1.54) is 23.2 Å². The van der Waals surface area contributed by atoms with Gasteiger partial charge in [-0.1, -0.05) is 32.9 Å². The van der Waals surface area contributed by atoms with Crippen molar-refractivity contribution in [3.05, 3.63) is 81.4 Å². The maximum atomic E-state index is 12.3. The van der Waals surface area contributed by atoms with Gasteiger partial charge in [-0.15, -0.1) is 11.3 Å². The van der Waals surface area contributed by atoms with E-state index >= 15 is 0 Å². The van der Waals surface area contributed by atoms with Gasteiger partial charge in [-0.2, -0.15) is 0 Å². The summed E-state index contributed by atoms with van der Waals surface area (Å²) in [6.45, 7) is 6.87. The third-order valence-corrected chi connectivity index (χ3v) is 5.34. The van der Waals surface area contributed by atoms with E-state index in [-0.39, 0.29) is 11.3 Å². The largest absolute Gasteiger partial charge is 0.466 e. The minimum absolute atomic E-state index is 0.0667. The lowest BCUT2D eigenvalue weighted by atomic mass is 9.87. The summed E-state index contributed by atoms with van der Waals surface area (Å²) in [4.78, 5) is 14.1. The molecule has 0 aliphatic heterocycles. The number of carbonyl (C=O) groups is 1. The van der Waals surface area contributed by atoms with Gasteiger partial charge in [-0.05, 0) is 47.4 Å². The second-order valence-corrected chi connectivity index (χ2v) is 8.43. The summed E-state index contributed by atoms with van der Waals surface area (Å²) in [5.41, 5.74) is 1.91. The van der Waals surface area contributed by atoms with Crippen LogP contribution in [0.2, 0.25) is 0 Å². The molecule has 0 saturated heterocycles. The van der Waals surface area contributed by atoms with Crippen molar-refractivity contribution < 1.29 is 14.3 Å². The summed E-state index contributed by atoms with van der Waals surface area (Å²) in [5, 5.41) is 13.2. The molecule has 0 saturated carbocycles. The number of hydrogen-bond acceptors (Lipinski definition) is 4. The zero-order chi connectivity index (χ0) is 18.7. The Labute approximate surface area is 157 Å². The van der Waals surface area contributed by atoms with Gasteiger partial charge in [0.2, 0.25) is 0 Å². The average molecular weight is 369 g/mol. The van der Waals surface area contributed by atoms with Gasteiger partial charge in [0.15, 0.2) is 0 Å². The van der Waals surface area contributed by atoms with Crippen LogP contribution in [-0.2, 0) is 12.0 Å². The maximum Gasteiger partial charge on any atom is 0.251 e. The van der Waals surface area contributed by atoms with Gasteiger partial charge in [0.05, 0.1) is 12.8 Å². The molecule has 3 rings (SSSR count). The Bertz CT molecular complexity index is 858. The van der Waals surface area contributed by atoms with Crippen molar-refractivity contribution in [1.82, 2.24) is 5.32 Å². The van der Waals surface area contributed by atoms with Crippen LogP contribution in [0.4, 0.5) is 0 Å². The Morgan fingerprint density at radius 2 is 1.88 bits per heavy atom. The monoisotopic (exact) mass is 369 g/mol. The molecule has 26 heavy (non-hydrogen) atoms. The Balaban J connectivity index is 1.60. The standard InChI is InChI=1S/C21H23NO3S/c1-21(2,3)15-8-6-14(7-9-15)20(24)22-13-16-10-11-18(26-16)19(23)17-5-4-12-25-17/h4-12,19,23H,13H2,1-3H3,(H,22,24)/t19-/m0/s1. The fourth-order valence-corrected chi connectivity index (χ4v) is 3.56. The molecule has 3 aromatic rings. The molecule has 1 amide bonds. The van der Waals surface area contributed by atoms with Gasteiger partial charge in [-0.3, -0.25) is 4.79 Å². The van der Waals surface area contributed by atoms with Gasteiger partial charge >= 0.3 is 0 Å². The fraction of sp³-hybridized carbons (Fsp3) is 0.286. The first kappa shape index (κ1) is 18.4. The van der Waals surface area contributed by atoms with Gasteiger partial charge < -0.3 is 14.8 Å². The first-order valence-electron chi connectivity index (χ1n) is 8.53. The minimum atomic E-state index is -0.774. The Kier molecular flexibility index (Phi) is 5.30. The van der Waals surface area contributed by atoms with Crippen LogP contribution in [0.15, 0.2) is 59.2 Å². The molecule has 5 heteroatoms. The molecule has 1 atom stereocenters. The number of carbonyl (C=O) groups excluding carboxylic acids is 1. The van der Waals surface area contributed by atoms with Crippen LogP contribution in [0.3, 0.4) is 0 Å². The van der Waals surface area contributed by atoms with Gasteiger partial charge in [0.25, 0.3) is 5.91 Å². The molecule has 136 valence electrons. The summed E-state index contributed by atoms with van der Waals surface area (Å²) in [7, 11) is 0. The smallest absolute Gasteiger partial charge is 0.251 e. The van der Waals surface area contributed by atoms with Crippen LogP contribution in [-0.4, -0.2) is 11.0 Å². The summed E-state index contributed by atoms with van der Waals surface area (Å²) in [6, 6.07) is 15.0. The van der Waals surface area contributed by atoms with Crippen LogP contribution in [0, 0.1) is 0 Å². The molecule has 4 nitrogen and oxygen atoms in total. The number of furan rings is 1. The minimum Gasteiger partial charge on any atom is -0.466 e. The van der Waals surface area contributed by atoms with Crippen molar-refractivity contribution in [1.29, 1.82) is 0 Å². The first-order valence-corrected chi connectivity index (χ1v) is 9.35. The van der Waals surface area contributed by atoms with E-state index in [4.69, 9.17) is 4.42 Å². The molecule has 0 spiro atoms. The highest BCUT2D eigenvalue weighted by molar-refractivity contribution is 7.12. The fourth-order valence-electron chi connectivity index (χ4n) is 2.61. The topological polar surface area (TPSA) is 62.5 Å². The number of hydrogen-bond donors (Lipinski definition) is 2. The molecule has 0 fully saturated rings. The summed E-state index contributed by atoms with van der Waals surface area (Å²) in [5.74, 6) is 0.411. The number of nitrogens with one attached hydrogen (secondary N) is 1. The van der Waals surface area contributed by atoms with Crippen LogP contribution in [0.25, 0.3) is 0 Å². The molecule has 0 aliphatic rings. The van der Waals surface area contributed by atoms with E-state index in [0.29, 0.717) is 17.9 Å². The highest BCUT2D eigenvalue weighted by Crippen LogP contribution is 2.28. The van der Waals surface area contributed by atoms with E-state index in [2.05, 4.69) is 26.1 Å². The molecule has 0 bridgehead atoms. The van der Waals surface area contributed by atoms with E-state index in [1.54, 1.807) is 12.1 Å². The van der Waals surface area contributed by atoms with E-state index in [0.717, 1.165) is 9.75 Å². The Morgan fingerprint density at radius 1 is 1.15 bits per heavy atom. The van der Waals surface area contributed by atoms with Crippen LogP contribution in [0.5, 0.6) is 0 Å². The van der Waals surface area contributed by atoms with Gasteiger partial charge in [-0.25, -0.2) is 0 Å². The third-order valence-electron chi connectivity index (χ3n) is 4.20. The molecular weight excluding hydrogens is 346 g/mol. The molecule has 0 radical (unpaired) electrons. The van der Waals surface area contributed by atoms with Crippen molar-refractivity contribution >= 4 is 17.2 Å². The van der Waals surface area contributed by atoms with Crippen molar-refractivity contribution in [2.24, 2.45) is 0 Å². The van der Waals surface area contributed by atoms with E-state index in [1.807, 2.05) is 36.4 Å². The first-order chi connectivity index (χ1) is 12.3. The zero-order valence-electron chi connectivity index (χ0n) is 15.2. The number of thiophene rings is 1. The third kappa shape index (κ3) is 4.23. The maximum absolute atomic E-state index is 12.3. The average Bonchev–Trinajstić information content (AvgIpc) is 3.30. The van der Waals surface area contributed by atoms with Crippen molar-refractivity contribution in [3.63, 3.8) is 0 Å². The summed E-state index contributed by atoms with van der Waals surface area (Å²) >= 11 is 1.46. The number of rotatable bonds is 5. The van der Waals surface area contributed by atoms with Gasteiger partial charge in [0, 0.05) is 15.3 Å². The van der Waals surface area contributed by atoms with E-state index < -0.39 is 6.10 Å². The molecule has 0 aliphatic carbocycles. The Hall–Kier alpha value is -2.37. The molecule has 2 N–H and O–H groups in total. The SMILES string of the molecule is CC(C)(C)c1ccc(C(=O)NCc2ccc([C@@H](O)c3ccco3)s2)cc1. The number of aliphatic hydroxyl groups is 1.